The number of carbonyl (C=O) groups excluding carboxylic acids is 1. The Hall–Kier alpha value is -0.570. The Labute approximate surface area is 92.1 Å². The number of hydrogen-bond donors (Lipinski definition) is 0. The van der Waals surface area contributed by atoms with Crippen LogP contribution in [0.15, 0.2) is 0 Å². The van der Waals surface area contributed by atoms with Crippen LogP contribution in [0.4, 0.5) is 0 Å². The minimum Gasteiger partial charge on any atom is -0.466 e. The normalized spacial score (nSPS) is 23.9. The van der Waals surface area contributed by atoms with Crippen LogP contribution in [0, 0.1) is 0 Å². The monoisotopic (exact) mass is 214 g/mol. The molecule has 0 aliphatic carbocycles. The average molecular weight is 214 g/mol. The zero-order valence-electron chi connectivity index (χ0n) is 9.83. The maximum absolute atomic E-state index is 10.5. The van der Waals surface area contributed by atoms with Crippen LogP contribution in [-0.2, 0) is 14.3 Å². The van der Waals surface area contributed by atoms with Crippen LogP contribution in [0.25, 0.3) is 0 Å². The molecule has 0 bridgehead atoms. The Kier molecular flexibility index (Phi) is 5.69. The van der Waals surface area contributed by atoms with E-state index in [1.807, 2.05) is 0 Å². The Balaban J connectivity index is 1.76. The van der Waals surface area contributed by atoms with Crippen molar-refractivity contribution in [2.75, 3.05) is 6.61 Å². The van der Waals surface area contributed by atoms with Gasteiger partial charge in [0.05, 0.1) is 18.8 Å². The molecule has 0 radical (unpaired) electrons. The summed E-state index contributed by atoms with van der Waals surface area (Å²) in [5.74, 6) is -0.174. The molecule has 3 heteroatoms. The van der Waals surface area contributed by atoms with Gasteiger partial charge in [-0.1, -0.05) is 26.2 Å². The first-order chi connectivity index (χ1) is 7.24. The lowest BCUT2D eigenvalue weighted by atomic mass is 10.1. The molecule has 0 saturated carbocycles. The fourth-order valence-corrected chi connectivity index (χ4v) is 1.81. The summed E-state index contributed by atoms with van der Waals surface area (Å²) in [5, 5.41) is 0. The number of hydrogen-bond acceptors (Lipinski definition) is 3. The zero-order chi connectivity index (χ0) is 11.1. The average Bonchev–Trinajstić information content (AvgIpc) is 2.94. The van der Waals surface area contributed by atoms with Gasteiger partial charge < -0.3 is 9.47 Å². The molecule has 88 valence electrons. The molecule has 1 saturated heterocycles. The summed E-state index contributed by atoms with van der Waals surface area (Å²) in [5.41, 5.74) is 0. The van der Waals surface area contributed by atoms with Gasteiger partial charge in [0, 0.05) is 6.92 Å². The van der Waals surface area contributed by atoms with Crippen molar-refractivity contribution in [1.29, 1.82) is 0 Å². The minimum atomic E-state index is -0.174. The molecule has 15 heavy (non-hydrogen) atoms. The van der Waals surface area contributed by atoms with Gasteiger partial charge >= 0.3 is 5.97 Å². The first-order valence-electron chi connectivity index (χ1n) is 6.03. The highest BCUT2D eigenvalue weighted by Crippen LogP contribution is 2.29. The van der Waals surface area contributed by atoms with E-state index in [-0.39, 0.29) is 5.97 Å². The van der Waals surface area contributed by atoms with E-state index in [0.29, 0.717) is 18.8 Å². The summed E-state index contributed by atoms with van der Waals surface area (Å²) in [7, 11) is 0. The standard InChI is InChI=1S/C12H22O3/c1-3-11-12(15-11)8-6-4-5-7-9-14-10(2)13/h11-12H,3-9H2,1-2H3. The third-order valence-electron chi connectivity index (χ3n) is 2.78. The molecule has 1 rings (SSSR count). The molecule has 1 fully saturated rings. The summed E-state index contributed by atoms with van der Waals surface area (Å²) in [6.45, 7) is 4.20. The Morgan fingerprint density at radius 3 is 2.53 bits per heavy atom. The molecule has 0 N–H and O–H groups in total. The van der Waals surface area contributed by atoms with Crippen molar-refractivity contribution in [3.8, 4) is 0 Å². The van der Waals surface area contributed by atoms with Crippen LogP contribution in [0.1, 0.15) is 52.4 Å². The molecular weight excluding hydrogens is 192 g/mol. The van der Waals surface area contributed by atoms with E-state index >= 15 is 0 Å². The summed E-state index contributed by atoms with van der Waals surface area (Å²) in [4.78, 5) is 10.5. The van der Waals surface area contributed by atoms with E-state index in [9.17, 15) is 4.79 Å². The van der Waals surface area contributed by atoms with Crippen molar-refractivity contribution in [1.82, 2.24) is 0 Å². The molecule has 0 aromatic heterocycles. The lowest BCUT2D eigenvalue weighted by Crippen LogP contribution is -2.00. The molecule has 0 aromatic carbocycles. The van der Waals surface area contributed by atoms with E-state index in [1.165, 1.54) is 26.2 Å². The van der Waals surface area contributed by atoms with Crippen molar-refractivity contribution in [2.24, 2.45) is 0 Å². The highest BCUT2D eigenvalue weighted by molar-refractivity contribution is 5.65. The molecule has 0 spiro atoms. The minimum absolute atomic E-state index is 0.174. The first-order valence-corrected chi connectivity index (χ1v) is 6.03. The van der Waals surface area contributed by atoms with Crippen LogP contribution >= 0.6 is 0 Å². The summed E-state index contributed by atoms with van der Waals surface area (Å²) < 4.78 is 10.3. The predicted octanol–water partition coefficient (Wildman–Crippen LogP) is 2.68. The molecule has 1 aliphatic heterocycles. The van der Waals surface area contributed by atoms with Crippen LogP contribution < -0.4 is 0 Å². The van der Waals surface area contributed by atoms with Gasteiger partial charge in [-0.05, 0) is 19.3 Å². The summed E-state index contributed by atoms with van der Waals surface area (Å²) in [6.07, 6.45) is 8.04. The Morgan fingerprint density at radius 2 is 1.93 bits per heavy atom. The van der Waals surface area contributed by atoms with Gasteiger partial charge in [-0.15, -0.1) is 0 Å². The molecule has 1 aliphatic rings. The Bertz CT molecular complexity index is 191. The fourth-order valence-electron chi connectivity index (χ4n) is 1.81. The molecular formula is C12H22O3. The van der Waals surface area contributed by atoms with Gasteiger partial charge in [-0.2, -0.15) is 0 Å². The highest BCUT2D eigenvalue weighted by atomic mass is 16.6. The van der Waals surface area contributed by atoms with Gasteiger partial charge in [0.15, 0.2) is 0 Å². The molecule has 0 aromatic rings. The molecule has 2 unspecified atom stereocenters. The van der Waals surface area contributed by atoms with E-state index in [1.54, 1.807) is 0 Å². The number of epoxide rings is 1. The van der Waals surface area contributed by atoms with Gasteiger partial charge in [0.2, 0.25) is 0 Å². The fraction of sp³-hybridized carbons (Fsp3) is 0.917. The Morgan fingerprint density at radius 1 is 1.20 bits per heavy atom. The van der Waals surface area contributed by atoms with Crippen molar-refractivity contribution >= 4 is 5.97 Å². The lowest BCUT2D eigenvalue weighted by molar-refractivity contribution is -0.141. The largest absolute Gasteiger partial charge is 0.466 e. The van der Waals surface area contributed by atoms with Crippen molar-refractivity contribution in [3.63, 3.8) is 0 Å². The van der Waals surface area contributed by atoms with E-state index in [0.717, 1.165) is 19.3 Å². The topological polar surface area (TPSA) is 38.8 Å². The quantitative estimate of drug-likeness (QED) is 0.354. The smallest absolute Gasteiger partial charge is 0.302 e. The van der Waals surface area contributed by atoms with E-state index in [4.69, 9.17) is 9.47 Å². The van der Waals surface area contributed by atoms with Gasteiger partial charge in [0.25, 0.3) is 0 Å². The second-order valence-corrected chi connectivity index (χ2v) is 4.16. The van der Waals surface area contributed by atoms with Crippen LogP contribution in [0.5, 0.6) is 0 Å². The van der Waals surface area contributed by atoms with E-state index < -0.39 is 0 Å². The van der Waals surface area contributed by atoms with Gasteiger partial charge in [-0.25, -0.2) is 0 Å². The maximum atomic E-state index is 10.5. The van der Waals surface area contributed by atoms with E-state index in [2.05, 4.69) is 6.92 Å². The van der Waals surface area contributed by atoms with Crippen molar-refractivity contribution < 1.29 is 14.3 Å². The third-order valence-corrected chi connectivity index (χ3v) is 2.78. The first kappa shape index (κ1) is 12.5. The SMILES string of the molecule is CCC1OC1CCCCCCOC(C)=O. The second-order valence-electron chi connectivity index (χ2n) is 4.16. The van der Waals surface area contributed by atoms with Crippen molar-refractivity contribution in [3.05, 3.63) is 0 Å². The van der Waals surface area contributed by atoms with Crippen LogP contribution in [0.2, 0.25) is 0 Å². The lowest BCUT2D eigenvalue weighted by Gasteiger charge is -2.01. The highest BCUT2D eigenvalue weighted by Gasteiger charge is 2.35. The summed E-state index contributed by atoms with van der Waals surface area (Å²) >= 11 is 0. The molecule has 0 amide bonds. The maximum Gasteiger partial charge on any atom is 0.302 e. The van der Waals surface area contributed by atoms with Crippen LogP contribution in [-0.4, -0.2) is 24.8 Å². The molecule has 1 heterocycles. The van der Waals surface area contributed by atoms with Crippen molar-refractivity contribution in [2.45, 2.75) is 64.6 Å². The van der Waals surface area contributed by atoms with Crippen LogP contribution in [0.3, 0.4) is 0 Å². The molecule has 3 nitrogen and oxygen atoms in total. The second kappa shape index (κ2) is 6.83. The summed E-state index contributed by atoms with van der Waals surface area (Å²) in [6, 6.07) is 0. The number of carbonyl (C=O) groups is 1. The van der Waals surface area contributed by atoms with Gasteiger partial charge in [-0.3, -0.25) is 4.79 Å². The molecule has 2 atom stereocenters. The third kappa shape index (κ3) is 5.78. The zero-order valence-corrected chi connectivity index (χ0v) is 9.83. The number of ether oxygens (including phenoxy) is 2. The number of rotatable bonds is 8. The number of esters is 1. The van der Waals surface area contributed by atoms with Gasteiger partial charge in [0.1, 0.15) is 0 Å². The number of unbranched alkanes of at least 4 members (excludes halogenated alkanes) is 3. The predicted molar refractivity (Wildman–Crippen MR) is 58.7 cm³/mol.